The lowest BCUT2D eigenvalue weighted by atomic mass is 9.20. The fourth-order valence-electron chi connectivity index (χ4n) is 7.80. The molecule has 1 unspecified atom stereocenters. The molecule has 5 heteroatoms. The van der Waals surface area contributed by atoms with Crippen molar-refractivity contribution in [1.82, 2.24) is 5.32 Å². The summed E-state index contributed by atoms with van der Waals surface area (Å²) in [7, 11) is 2.42. The number of rotatable bonds is 4. The van der Waals surface area contributed by atoms with E-state index in [0.717, 1.165) is 26.4 Å². The lowest BCUT2D eigenvalue weighted by molar-refractivity contribution is -0.130. The molecule has 0 aromatic rings. The number of carbonyl (C=O) groups is 2. The van der Waals surface area contributed by atoms with E-state index in [1.807, 2.05) is 0 Å². The third-order valence-electron chi connectivity index (χ3n) is 10.8. The summed E-state index contributed by atoms with van der Waals surface area (Å²) in [6.45, 7) is 5.00. The largest absolute Gasteiger partial charge is 0.296 e. The van der Waals surface area contributed by atoms with Gasteiger partial charge in [-0.05, 0) is 24.7 Å². The molecule has 1 atom stereocenters. The van der Waals surface area contributed by atoms with Crippen LogP contribution in [0.25, 0.3) is 0 Å². The minimum absolute atomic E-state index is 0.0216. The molecule has 1 saturated heterocycles. The van der Waals surface area contributed by atoms with Gasteiger partial charge >= 0.3 is 0 Å². The van der Waals surface area contributed by atoms with Crippen LogP contribution in [-0.4, -0.2) is 26.2 Å². The fourth-order valence-corrected chi connectivity index (χ4v) is 7.80. The first kappa shape index (κ1) is 30.8. The molecule has 210 valence electrons. The summed E-state index contributed by atoms with van der Waals surface area (Å²) < 4.78 is 0. The first-order valence-corrected chi connectivity index (χ1v) is 16.7. The summed E-state index contributed by atoms with van der Waals surface area (Å²) in [5.41, 5.74) is 0.462. The maximum Gasteiger partial charge on any atom is 0.226 e. The molecule has 2 amide bonds. The Balaban J connectivity index is 1.61. The van der Waals surface area contributed by atoms with Crippen molar-refractivity contribution in [3.8, 4) is 0 Å². The van der Waals surface area contributed by atoms with E-state index in [1.165, 1.54) is 136 Å². The van der Waals surface area contributed by atoms with Gasteiger partial charge in [-0.15, -0.1) is 0 Å². The maximum absolute atomic E-state index is 12.8. The average Bonchev–Trinajstić information content (AvgIpc) is 3.65. The van der Waals surface area contributed by atoms with Crippen molar-refractivity contribution in [3.05, 3.63) is 0 Å². The summed E-state index contributed by atoms with van der Waals surface area (Å²) in [4.78, 5) is 25.0. The zero-order valence-corrected chi connectivity index (χ0v) is 24.9. The van der Waals surface area contributed by atoms with Crippen LogP contribution in [0.1, 0.15) is 174 Å². The molecule has 2 saturated carbocycles. The summed E-state index contributed by atoms with van der Waals surface area (Å²) in [5, 5.41) is 3.23. The predicted molar refractivity (Wildman–Crippen MR) is 162 cm³/mol. The van der Waals surface area contributed by atoms with Gasteiger partial charge in [0.15, 0.2) is 0 Å². The highest BCUT2D eigenvalue weighted by Crippen LogP contribution is 2.68. The van der Waals surface area contributed by atoms with Crippen molar-refractivity contribution >= 4 is 26.2 Å². The van der Waals surface area contributed by atoms with E-state index in [2.05, 4.69) is 19.2 Å². The molecule has 0 bridgehead atoms. The van der Waals surface area contributed by atoms with E-state index in [0.29, 0.717) is 23.6 Å². The summed E-state index contributed by atoms with van der Waals surface area (Å²) in [6, 6.07) is 0. The number of hydrogen-bond acceptors (Lipinski definition) is 2. The van der Waals surface area contributed by atoms with Crippen LogP contribution in [0.3, 0.4) is 0 Å². The lowest BCUT2D eigenvalue weighted by Gasteiger charge is -2.41. The molecular formula is C32H59B2NO2. The fraction of sp³-hybridized carbons (Fsp3) is 0.938. The van der Waals surface area contributed by atoms with Gasteiger partial charge in [-0.25, -0.2) is 0 Å². The molecule has 3 aliphatic rings. The summed E-state index contributed by atoms with van der Waals surface area (Å²) >= 11 is 0. The van der Waals surface area contributed by atoms with Crippen LogP contribution in [0.15, 0.2) is 0 Å². The first-order valence-electron chi connectivity index (χ1n) is 16.7. The Morgan fingerprint density at radius 1 is 0.514 bits per heavy atom. The van der Waals surface area contributed by atoms with Gasteiger partial charge in [-0.2, -0.15) is 0 Å². The Morgan fingerprint density at radius 3 is 1.43 bits per heavy atom. The Labute approximate surface area is 231 Å². The molecule has 0 aromatic carbocycles. The standard InChI is InChI=1S/C32H59B2NO2/c1-30(22-18-14-10-8-6-4-3-5-7-9-11-15-19-23-30)32(25-26-32)34-33-31(2)24-20-16-12-13-17-21-28(36)35-29(37)27-31/h33-34H,3-27H2,1-2H3,(H,35,36,37). The van der Waals surface area contributed by atoms with Gasteiger partial charge in [0.2, 0.25) is 11.8 Å². The summed E-state index contributed by atoms with van der Waals surface area (Å²) in [6.07, 6.45) is 32.1. The van der Waals surface area contributed by atoms with E-state index in [4.69, 9.17) is 0 Å². The highest BCUT2D eigenvalue weighted by molar-refractivity contribution is 7.04. The molecule has 0 spiro atoms. The Hall–Kier alpha value is -0.730. The van der Waals surface area contributed by atoms with Gasteiger partial charge in [-0.1, -0.05) is 153 Å². The molecule has 1 aliphatic heterocycles. The van der Waals surface area contributed by atoms with Gasteiger partial charge < -0.3 is 0 Å². The van der Waals surface area contributed by atoms with E-state index in [1.54, 1.807) is 0 Å². The number of hydrogen-bond donors (Lipinski definition) is 1. The first-order chi connectivity index (χ1) is 17.9. The SMILES string of the molecule is CC1(BBC2(C3(C)CCCCCCCCCCCCCCC3)CC2)CCCCCCCC(=O)NC(=O)C1. The smallest absolute Gasteiger partial charge is 0.226 e. The number of imide groups is 1. The molecule has 3 fully saturated rings. The minimum Gasteiger partial charge on any atom is -0.296 e. The van der Waals surface area contributed by atoms with Gasteiger partial charge in [0, 0.05) is 12.8 Å². The van der Waals surface area contributed by atoms with Crippen molar-refractivity contribution in [2.75, 3.05) is 0 Å². The molecule has 0 radical (unpaired) electrons. The van der Waals surface area contributed by atoms with E-state index >= 15 is 0 Å². The molecule has 37 heavy (non-hydrogen) atoms. The van der Waals surface area contributed by atoms with Crippen molar-refractivity contribution < 1.29 is 9.59 Å². The molecule has 1 heterocycles. The molecule has 2 aliphatic carbocycles. The second kappa shape index (κ2) is 15.8. The van der Waals surface area contributed by atoms with Crippen molar-refractivity contribution in [1.29, 1.82) is 0 Å². The average molecular weight is 511 g/mol. The van der Waals surface area contributed by atoms with Crippen LogP contribution >= 0.6 is 0 Å². The van der Waals surface area contributed by atoms with Gasteiger partial charge in [0.1, 0.15) is 0 Å². The third kappa shape index (κ3) is 10.7. The predicted octanol–water partition coefficient (Wildman–Crippen LogP) is 8.55. The van der Waals surface area contributed by atoms with E-state index < -0.39 is 0 Å². The highest BCUT2D eigenvalue weighted by Gasteiger charge is 2.55. The normalized spacial score (nSPS) is 29.7. The molecule has 0 aromatic heterocycles. The van der Waals surface area contributed by atoms with Gasteiger partial charge in [0.05, 0.1) is 14.3 Å². The zero-order chi connectivity index (χ0) is 26.5. The molecule has 3 rings (SSSR count). The van der Waals surface area contributed by atoms with Crippen molar-refractivity contribution in [2.24, 2.45) is 5.41 Å². The Kier molecular flexibility index (Phi) is 13.1. The van der Waals surface area contributed by atoms with E-state index in [-0.39, 0.29) is 17.1 Å². The maximum atomic E-state index is 12.8. The zero-order valence-electron chi connectivity index (χ0n) is 24.9. The molecule has 1 N–H and O–H groups in total. The Morgan fingerprint density at radius 2 is 0.946 bits per heavy atom. The van der Waals surface area contributed by atoms with Gasteiger partial charge in [-0.3, -0.25) is 14.9 Å². The van der Waals surface area contributed by atoms with Crippen molar-refractivity contribution in [2.45, 2.75) is 185 Å². The highest BCUT2D eigenvalue weighted by atomic mass is 16.2. The van der Waals surface area contributed by atoms with Crippen LogP contribution in [0, 0.1) is 5.41 Å². The number of amides is 2. The number of carbonyl (C=O) groups excluding carboxylic acids is 2. The topological polar surface area (TPSA) is 46.2 Å². The van der Waals surface area contributed by atoms with Crippen LogP contribution in [0.2, 0.25) is 10.6 Å². The molecule has 3 nitrogen and oxygen atoms in total. The second-order valence-corrected chi connectivity index (χ2v) is 14.2. The summed E-state index contributed by atoms with van der Waals surface area (Å²) in [5.74, 6) is -0.0982. The van der Waals surface area contributed by atoms with Crippen LogP contribution in [0.4, 0.5) is 0 Å². The lowest BCUT2D eigenvalue weighted by Crippen LogP contribution is -2.38. The molecular weight excluding hydrogens is 452 g/mol. The van der Waals surface area contributed by atoms with Crippen LogP contribution in [-0.2, 0) is 9.59 Å². The Bertz CT molecular complexity index is 676. The monoisotopic (exact) mass is 511 g/mol. The van der Waals surface area contributed by atoms with Gasteiger partial charge in [0.25, 0.3) is 0 Å². The minimum atomic E-state index is -0.0647. The van der Waals surface area contributed by atoms with Crippen LogP contribution < -0.4 is 5.32 Å². The van der Waals surface area contributed by atoms with E-state index in [9.17, 15) is 9.59 Å². The van der Waals surface area contributed by atoms with Crippen LogP contribution in [0.5, 0.6) is 0 Å². The second-order valence-electron chi connectivity index (χ2n) is 14.2. The third-order valence-corrected chi connectivity index (χ3v) is 10.8. The quantitative estimate of drug-likeness (QED) is 0.304. The van der Waals surface area contributed by atoms with Crippen molar-refractivity contribution in [3.63, 3.8) is 0 Å². The number of nitrogens with one attached hydrogen (secondary N) is 1.